The van der Waals surface area contributed by atoms with Crippen molar-refractivity contribution < 1.29 is 9.90 Å². The standard InChI is InChI=1S/C15H19N3O2/c1-17-8-11(12-4-2-3-5-13(12)17)9-18-7-6-15(16,10-18)14(19)20/h2-5,8H,6-7,9-10,16H2,1H3,(H,19,20). The van der Waals surface area contributed by atoms with Gasteiger partial charge in [0, 0.05) is 43.8 Å². The number of fused-ring (bicyclic) bond motifs is 1. The molecule has 0 radical (unpaired) electrons. The van der Waals surface area contributed by atoms with Crippen LogP contribution in [0.3, 0.4) is 0 Å². The smallest absolute Gasteiger partial charge is 0.325 e. The largest absolute Gasteiger partial charge is 0.480 e. The number of rotatable bonds is 3. The Bertz CT molecular complexity index is 664. The molecule has 3 rings (SSSR count). The van der Waals surface area contributed by atoms with E-state index in [0.29, 0.717) is 13.0 Å². The van der Waals surface area contributed by atoms with Crippen LogP contribution in [0.1, 0.15) is 12.0 Å². The molecule has 0 spiro atoms. The Morgan fingerprint density at radius 3 is 2.90 bits per heavy atom. The molecule has 0 bridgehead atoms. The minimum absolute atomic E-state index is 0.408. The Morgan fingerprint density at radius 2 is 2.20 bits per heavy atom. The lowest BCUT2D eigenvalue weighted by Crippen LogP contribution is -2.50. The van der Waals surface area contributed by atoms with Crippen LogP contribution in [-0.2, 0) is 18.4 Å². The van der Waals surface area contributed by atoms with Crippen LogP contribution in [0.15, 0.2) is 30.5 Å². The minimum Gasteiger partial charge on any atom is -0.480 e. The highest BCUT2D eigenvalue weighted by Gasteiger charge is 2.41. The maximum absolute atomic E-state index is 11.2. The molecule has 0 saturated carbocycles. The predicted octanol–water partition coefficient (Wildman–Crippen LogP) is 1.17. The van der Waals surface area contributed by atoms with Crippen molar-refractivity contribution in [3.63, 3.8) is 0 Å². The van der Waals surface area contributed by atoms with Crippen molar-refractivity contribution in [2.75, 3.05) is 13.1 Å². The maximum atomic E-state index is 11.2. The molecular formula is C15H19N3O2. The maximum Gasteiger partial charge on any atom is 0.325 e. The van der Waals surface area contributed by atoms with Gasteiger partial charge in [-0.15, -0.1) is 0 Å². The number of likely N-dealkylation sites (tertiary alicyclic amines) is 1. The molecule has 1 atom stereocenters. The Labute approximate surface area is 117 Å². The molecule has 1 saturated heterocycles. The van der Waals surface area contributed by atoms with E-state index in [1.54, 1.807) is 0 Å². The van der Waals surface area contributed by atoms with Crippen molar-refractivity contribution in [1.29, 1.82) is 0 Å². The number of benzene rings is 1. The van der Waals surface area contributed by atoms with Gasteiger partial charge in [-0.3, -0.25) is 9.69 Å². The summed E-state index contributed by atoms with van der Waals surface area (Å²) in [4.78, 5) is 13.3. The minimum atomic E-state index is -1.09. The number of hydrogen-bond donors (Lipinski definition) is 2. The molecule has 1 aliphatic rings. The number of nitrogens with zero attached hydrogens (tertiary/aromatic N) is 2. The first-order valence-electron chi connectivity index (χ1n) is 6.77. The van der Waals surface area contributed by atoms with Crippen molar-refractivity contribution >= 4 is 16.9 Å². The molecule has 5 heteroatoms. The number of aromatic nitrogens is 1. The summed E-state index contributed by atoms with van der Waals surface area (Å²) in [7, 11) is 2.03. The lowest BCUT2D eigenvalue weighted by atomic mass is 10.0. The molecule has 20 heavy (non-hydrogen) atoms. The lowest BCUT2D eigenvalue weighted by molar-refractivity contribution is -0.142. The van der Waals surface area contributed by atoms with E-state index in [2.05, 4.69) is 27.8 Å². The van der Waals surface area contributed by atoms with Crippen LogP contribution in [0.4, 0.5) is 0 Å². The average Bonchev–Trinajstić information content (AvgIpc) is 2.94. The topological polar surface area (TPSA) is 71.5 Å². The SMILES string of the molecule is Cn1cc(CN2CCC(N)(C(=O)O)C2)c2ccccc21. The highest BCUT2D eigenvalue weighted by atomic mass is 16.4. The molecule has 3 N–H and O–H groups in total. The number of carboxylic acid groups (broad SMARTS) is 1. The van der Waals surface area contributed by atoms with Crippen LogP contribution in [0.5, 0.6) is 0 Å². The molecule has 1 aromatic heterocycles. The van der Waals surface area contributed by atoms with Gasteiger partial charge in [0.2, 0.25) is 0 Å². The fraction of sp³-hybridized carbons (Fsp3) is 0.400. The molecule has 2 heterocycles. The van der Waals surface area contributed by atoms with E-state index >= 15 is 0 Å². The normalized spacial score (nSPS) is 23.5. The van der Waals surface area contributed by atoms with Gasteiger partial charge in [-0.1, -0.05) is 18.2 Å². The van der Waals surface area contributed by atoms with E-state index in [1.807, 2.05) is 19.2 Å². The van der Waals surface area contributed by atoms with E-state index in [0.717, 1.165) is 13.1 Å². The van der Waals surface area contributed by atoms with E-state index in [4.69, 9.17) is 5.73 Å². The van der Waals surface area contributed by atoms with Crippen molar-refractivity contribution in [3.05, 3.63) is 36.0 Å². The van der Waals surface area contributed by atoms with Crippen molar-refractivity contribution in [1.82, 2.24) is 9.47 Å². The van der Waals surface area contributed by atoms with Crippen LogP contribution in [0.25, 0.3) is 10.9 Å². The second-order valence-corrected chi connectivity index (χ2v) is 5.70. The molecule has 106 valence electrons. The van der Waals surface area contributed by atoms with E-state index < -0.39 is 11.5 Å². The molecule has 1 unspecified atom stereocenters. The molecule has 0 amide bonds. The third-order valence-corrected chi connectivity index (χ3v) is 4.18. The first kappa shape index (κ1) is 13.1. The molecule has 0 aliphatic carbocycles. The van der Waals surface area contributed by atoms with Gasteiger partial charge < -0.3 is 15.4 Å². The highest BCUT2D eigenvalue weighted by Crippen LogP contribution is 2.25. The third kappa shape index (κ3) is 2.09. The molecule has 5 nitrogen and oxygen atoms in total. The second-order valence-electron chi connectivity index (χ2n) is 5.70. The quantitative estimate of drug-likeness (QED) is 0.880. The first-order chi connectivity index (χ1) is 9.49. The molecule has 1 aliphatic heterocycles. The fourth-order valence-corrected chi connectivity index (χ4v) is 3.02. The zero-order valence-corrected chi connectivity index (χ0v) is 11.5. The summed E-state index contributed by atoms with van der Waals surface area (Å²) in [6.07, 6.45) is 2.62. The summed E-state index contributed by atoms with van der Waals surface area (Å²) in [6, 6.07) is 8.25. The fourth-order valence-electron chi connectivity index (χ4n) is 3.02. The second kappa shape index (κ2) is 4.61. The van der Waals surface area contributed by atoms with Gasteiger partial charge in [0.05, 0.1) is 0 Å². The zero-order chi connectivity index (χ0) is 14.3. The van der Waals surface area contributed by atoms with Crippen LogP contribution in [-0.4, -0.2) is 39.2 Å². The molecule has 1 aromatic carbocycles. The predicted molar refractivity (Wildman–Crippen MR) is 77.4 cm³/mol. The number of aliphatic carboxylic acids is 1. The van der Waals surface area contributed by atoms with Crippen molar-refractivity contribution in [2.45, 2.75) is 18.5 Å². The number of nitrogens with two attached hydrogens (primary N) is 1. The summed E-state index contributed by atoms with van der Waals surface area (Å²) < 4.78 is 2.10. The summed E-state index contributed by atoms with van der Waals surface area (Å²) >= 11 is 0. The van der Waals surface area contributed by atoms with E-state index in [-0.39, 0.29) is 0 Å². The van der Waals surface area contributed by atoms with Crippen molar-refractivity contribution in [3.8, 4) is 0 Å². The number of hydrogen-bond acceptors (Lipinski definition) is 3. The summed E-state index contributed by atoms with van der Waals surface area (Å²) in [5, 5.41) is 10.4. The van der Waals surface area contributed by atoms with Gasteiger partial charge in [-0.05, 0) is 18.1 Å². The van der Waals surface area contributed by atoms with Crippen LogP contribution in [0.2, 0.25) is 0 Å². The van der Waals surface area contributed by atoms with Gasteiger partial charge in [0.25, 0.3) is 0 Å². The van der Waals surface area contributed by atoms with Crippen LogP contribution in [0, 0.1) is 0 Å². The number of carboxylic acids is 1. The number of aryl methyl sites for hydroxylation is 1. The van der Waals surface area contributed by atoms with Gasteiger partial charge in [0.1, 0.15) is 5.54 Å². The highest BCUT2D eigenvalue weighted by molar-refractivity contribution is 5.84. The Hall–Kier alpha value is -1.85. The summed E-state index contributed by atoms with van der Waals surface area (Å²) in [5.41, 5.74) is 7.24. The van der Waals surface area contributed by atoms with E-state index in [9.17, 15) is 9.90 Å². The molecule has 1 fully saturated rings. The summed E-state index contributed by atoms with van der Waals surface area (Å²) in [6.45, 7) is 1.88. The van der Waals surface area contributed by atoms with E-state index in [1.165, 1.54) is 16.5 Å². The van der Waals surface area contributed by atoms with Crippen molar-refractivity contribution in [2.24, 2.45) is 12.8 Å². The van der Waals surface area contributed by atoms with Crippen LogP contribution >= 0.6 is 0 Å². The summed E-state index contributed by atoms with van der Waals surface area (Å²) in [5.74, 6) is -0.905. The number of para-hydroxylation sites is 1. The van der Waals surface area contributed by atoms with Gasteiger partial charge in [-0.25, -0.2) is 0 Å². The number of carbonyl (C=O) groups is 1. The molecule has 2 aromatic rings. The third-order valence-electron chi connectivity index (χ3n) is 4.18. The Kier molecular flexibility index (Phi) is 3.03. The van der Waals surface area contributed by atoms with Gasteiger partial charge >= 0.3 is 5.97 Å². The monoisotopic (exact) mass is 273 g/mol. The van der Waals surface area contributed by atoms with Crippen LogP contribution < -0.4 is 5.73 Å². The lowest BCUT2D eigenvalue weighted by Gasteiger charge is -2.19. The Morgan fingerprint density at radius 1 is 1.45 bits per heavy atom. The Balaban J connectivity index is 1.83. The average molecular weight is 273 g/mol. The molecular weight excluding hydrogens is 254 g/mol. The zero-order valence-electron chi connectivity index (χ0n) is 11.5. The first-order valence-corrected chi connectivity index (χ1v) is 6.77. The van der Waals surface area contributed by atoms with Gasteiger partial charge in [-0.2, -0.15) is 0 Å². The van der Waals surface area contributed by atoms with Gasteiger partial charge in [0.15, 0.2) is 0 Å².